The summed E-state index contributed by atoms with van der Waals surface area (Å²) in [6, 6.07) is 4.17. The van der Waals surface area contributed by atoms with Gasteiger partial charge in [0.05, 0.1) is 10.6 Å². The molecule has 2 aliphatic rings. The summed E-state index contributed by atoms with van der Waals surface area (Å²) in [5.74, 6) is -0.534. The van der Waals surface area contributed by atoms with Crippen LogP contribution in [0.15, 0.2) is 35.2 Å². The lowest BCUT2D eigenvalue weighted by Crippen LogP contribution is -2.38. The lowest BCUT2D eigenvalue weighted by Gasteiger charge is -2.32. The van der Waals surface area contributed by atoms with Gasteiger partial charge in [0.15, 0.2) is 6.04 Å². The highest BCUT2D eigenvalue weighted by atomic mass is 32.2. The van der Waals surface area contributed by atoms with E-state index in [1.54, 1.807) is 6.07 Å². The predicted molar refractivity (Wildman–Crippen MR) is 102 cm³/mol. The van der Waals surface area contributed by atoms with E-state index >= 15 is 0 Å². The first-order chi connectivity index (χ1) is 14.1. The molecule has 1 aromatic heterocycles. The Balaban J connectivity index is 1.57. The highest BCUT2D eigenvalue weighted by Crippen LogP contribution is 2.41. The Kier molecular flexibility index (Phi) is 5.29. The monoisotopic (exact) mass is 446 g/mol. The van der Waals surface area contributed by atoms with Crippen LogP contribution in [-0.4, -0.2) is 47.8 Å². The number of anilines is 1. The fourth-order valence-electron chi connectivity index (χ4n) is 4.08. The molecular weight excluding hydrogens is 424 g/mol. The largest absolute Gasteiger partial charge is 0.410 e. The molecule has 30 heavy (non-hydrogen) atoms. The van der Waals surface area contributed by atoms with Crippen molar-refractivity contribution in [1.29, 1.82) is 0 Å². The third kappa shape index (κ3) is 3.80. The molecule has 4 rings (SSSR count). The number of sulfonamides is 1. The van der Waals surface area contributed by atoms with Crippen LogP contribution in [0, 0.1) is 5.82 Å². The van der Waals surface area contributed by atoms with E-state index in [0.29, 0.717) is 24.4 Å². The van der Waals surface area contributed by atoms with Crippen LogP contribution in [0.25, 0.3) is 0 Å². The average molecular weight is 446 g/mol. The summed E-state index contributed by atoms with van der Waals surface area (Å²) in [4.78, 5) is -0.0155. The summed E-state index contributed by atoms with van der Waals surface area (Å²) in [6.07, 6.45) is -3.50. The van der Waals surface area contributed by atoms with Crippen LogP contribution >= 0.6 is 0 Å². The zero-order valence-electron chi connectivity index (χ0n) is 16.2. The number of benzene rings is 1. The molecule has 11 heteroatoms. The second kappa shape index (κ2) is 7.52. The highest BCUT2D eigenvalue weighted by Gasteiger charge is 2.46. The Labute approximate surface area is 171 Å². The summed E-state index contributed by atoms with van der Waals surface area (Å²) in [5, 5.41) is 7.31. The minimum atomic E-state index is -4.42. The van der Waals surface area contributed by atoms with Crippen molar-refractivity contribution < 1.29 is 26.0 Å². The molecule has 0 aliphatic carbocycles. The Morgan fingerprint density at radius 2 is 1.93 bits per heavy atom. The molecule has 2 aromatic rings. The molecule has 1 N–H and O–H groups in total. The number of fused-ring (bicyclic) bond motifs is 1. The Hall–Kier alpha value is -2.14. The lowest BCUT2D eigenvalue weighted by atomic mass is 10.0. The molecule has 0 spiro atoms. The number of rotatable bonds is 4. The quantitative estimate of drug-likeness (QED) is 0.724. The van der Waals surface area contributed by atoms with Gasteiger partial charge >= 0.3 is 6.18 Å². The maximum Gasteiger partial charge on any atom is 0.410 e. The van der Waals surface area contributed by atoms with Gasteiger partial charge in [-0.15, -0.1) is 0 Å². The number of nitrogens with zero attached hydrogens (tertiary/aromatic N) is 3. The van der Waals surface area contributed by atoms with Crippen LogP contribution in [0.3, 0.4) is 0 Å². The number of hydrogen-bond donors (Lipinski definition) is 1. The van der Waals surface area contributed by atoms with E-state index in [0.717, 1.165) is 16.8 Å². The summed E-state index contributed by atoms with van der Waals surface area (Å²) in [6.45, 7) is 2.16. The summed E-state index contributed by atoms with van der Waals surface area (Å²) < 4.78 is 81.6. The summed E-state index contributed by atoms with van der Waals surface area (Å²) >= 11 is 0. The van der Waals surface area contributed by atoms with Gasteiger partial charge in [0.1, 0.15) is 11.6 Å². The van der Waals surface area contributed by atoms with Crippen molar-refractivity contribution in [1.82, 2.24) is 14.1 Å². The molecule has 2 aliphatic heterocycles. The molecule has 0 radical (unpaired) electrons. The summed E-state index contributed by atoms with van der Waals surface area (Å²) in [7, 11) is -3.81. The van der Waals surface area contributed by atoms with Gasteiger partial charge in [-0.3, -0.25) is 0 Å². The smallest absolute Gasteiger partial charge is 0.367 e. The van der Waals surface area contributed by atoms with E-state index < -0.39 is 28.1 Å². The number of aromatic nitrogens is 2. The third-order valence-electron chi connectivity index (χ3n) is 5.80. The lowest BCUT2D eigenvalue weighted by molar-refractivity contribution is -0.173. The molecule has 1 saturated heterocycles. The van der Waals surface area contributed by atoms with Crippen LogP contribution in [0.5, 0.6) is 0 Å². The Morgan fingerprint density at radius 1 is 1.23 bits per heavy atom. The molecule has 1 unspecified atom stereocenters. The number of nitrogens with one attached hydrogen (secondary N) is 1. The van der Waals surface area contributed by atoms with E-state index in [1.165, 1.54) is 16.4 Å². The standard InChI is InChI=1S/C19H22F4N4O2S/c1-2-14-9-17(19(21,22)23)27-18(24-14)10-16(25-27)12-7-8-26(11-12)30(28,29)15-5-3-13(20)4-6-15/h3-6,10,12,14,17,24H,2,7-9,11H2,1H3/t12?,14-,17-/m1/s1. The van der Waals surface area contributed by atoms with Crippen molar-refractivity contribution in [3.63, 3.8) is 0 Å². The van der Waals surface area contributed by atoms with Crippen LogP contribution in [0.4, 0.5) is 23.4 Å². The van der Waals surface area contributed by atoms with Gasteiger partial charge in [0.2, 0.25) is 10.0 Å². The molecule has 0 saturated carbocycles. The molecule has 1 aromatic carbocycles. The van der Waals surface area contributed by atoms with E-state index in [9.17, 15) is 26.0 Å². The summed E-state index contributed by atoms with van der Waals surface area (Å²) in [5.41, 5.74) is 0.445. The normalized spacial score (nSPS) is 25.2. The first-order valence-electron chi connectivity index (χ1n) is 9.78. The topological polar surface area (TPSA) is 67.2 Å². The van der Waals surface area contributed by atoms with Gasteiger partial charge in [-0.05, 0) is 43.5 Å². The Morgan fingerprint density at radius 3 is 2.57 bits per heavy atom. The van der Waals surface area contributed by atoms with Crippen molar-refractivity contribution in [2.75, 3.05) is 18.4 Å². The second-order valence-electron chi connectivity index (χ2n) is 7.74. The fourth-order valence-corrected chi connectivity index (χ4v) is 5.58. The van der Waals surface area contributed by atoms with Gasteiger partial charge < -0.3 is 5.32 Å². The molecule has 3 heterocycles. The number of halogens is 4. The second-order valence-corrected chi connectivity index (χ2v) is 9.68. The van der Waals surface area contributed by atoms with Crippen LogP contribution < -0.4 is 5.32 Å². The van der Waals surface area contributed by atoms with Gasteiger partial charge in [-0.1, -0.05) is 6.92 Å². The average Bonchev–Trinajstić information content (AvgIpc) is 3.34. The maximum atomic E-state index is 13.5. The van der Waals surface area contributed by atoms with Crippen molar-refractivity contribution in [2.45, 2.75) is 55.3 Å². The minimum absolute atomic E-state index is 0.0155. The van der Waals surface area contributed by atoms with Crippen LogP contribution in [0.1, 0.15) is 43.8 Å². The Bertz CT molecular complexity index is 1020. The van der Waals surface area contributed by atoms with Crippen molar-refractivity contribution in [3.05, 3.63) is 41.8 Å². The van der Waals surface area contributed by atoms with Gasteiger partial charge in [-0.2, -0.15) is 22.6 Å². The molecule has 0 bridgehead atoms. The molecule has 164 valence electrons. The third-order valence-corrected chi connectivity index (χ3v) is 7.68. The van der Waals surface area contributed by atoms with Crippen LogP contribution in [-0.2, 0) is 10.0 Å². The van der Waals surface area contributed by atoms with E-state index in [2.05, 4.69) is 10.4 Å². The SMILES string of the molecule is CC[C@@H]1C[C@H](C(F)(F)F)n2nc(C3CCN(S(=O)(=O)c4ccc(F)cc4)C3)cc2N1. The fraction of sp³-hybridized carbons (Fsp3) is 0.526. The zero-order valence-corrected chi connectivity index (χ0v) is 17.0. The highest BCUT2D eigenvalue weighted by molar-refractivity contribution is 7.89. The van der Waals surface area contributed by atoms with Gasteiger partial charge in [-0.25, -0.2) is 17.5 Å². The van der Waals surface area contributed by atoms with Gasteiger partial charge in [0.25, 0.3) is 0 Å². The molecule has 3 atom stereocenters. The van der Waals surface area contributed by atoms with Crippen molar-refractivity contribution >= 4 is 15.8 Å². The number of hydrogen-bond acceptors (Lipinski definition) is 4. The van der Waals surface area contributed by atoms with E-state index in [4.69, 9.17) is 0 Å². The van der Waals surface area contributed by atoms with Crippen molar-refractivity contribution in [2.24, 2.45) is 0 Å². The molecule has 0 amide bonds. The van der Waals surface area contributed by atoms with Gasteiger partial charge in [0, 0.05) is 31.1 Å². The molecule has 1 fully saturated rings. The van der Waals surface area contributed by atoms with E-state index in [-0.39, 0.29) is 36.4 Å². The maximum absolute atomic E-state index is 13.5. The first kappa shape index (κ1) is 21.1. The molecular formula is C19H22F4N4O2S. The zero-order chi connectivity index (χ0) is 21.7. The van der Waals surface area contributed by atoms with Crippen molar-refractivity contribution in [3.8, 4) is 0 Å². The predicted octanol–water partition coefficient (Wildman–Crippen LogP) is 3.90. The molecule has 6 nitrogen and oxygen atoms in total. The number of alkyl halides is 3. The first-order valence-corrected chi connectivity index (χ1v) is 11.2. The van der Waals surface area contributed by atoms with Crippen LogP contribution in [0.2, 0.25) is 0 Å². The van der Waals surface area contributed by atoms with E-state index in [1.807, 2.05) is 6.92 Å². The minimum Gasteiger partial charge on any atom is -0.367 e.